The Morgan fingerprint density at radius 2 is 1.58 bits per heavy atom. The van der Waals surface area contributed by atoms with Crippen LogP contribution in [0, 0.1) is 0 Å². The summed E-state index contributed by atoms with van der Waals surface area (Å²) in [7, 11) is 2.20. The van der Waals surface area contributed by atoms with Crippen molar-refractivity contribution in [3.63, 3.8) is 0 Å². The summed E-state index contributed by atoms with van der Waals surface area (Å²) in [5.41, 5.74) is 10.1. The molecule has 6 rings (SSSR count). The molecule has 2 aliphatic rings. The zero-order chi connectivity index (χ0) is 26.1. The maximum Gasteiger partial charge on any atom is 0.255 e. The highest BCUT2D eigenvalue weighted by Gasteiger charge is 2.30. The van der Waals surface area contributed by atoms with E-state index in [4.69, 9.17) is 10.8 Å². The minimum atomic E-state index is -0.155. The molecular weight excluding hydrogens is 476 g/mol. The van der Waals surface area contributed by atoms with Crippen molar-refractivity contribution in [3.8, 4) is 11.3 Å². The highest BCUT2D eigenvalue weighted by atomic mass is 16.1. The number of para-hydroxylation sites is 1. The van der Waals surface area contributed by atoms with Gasteiger partial charge in [0, 0.05) is 49.0 Å². The van der Waals surface area contributed by atoms with Gasteiger partial charge in [-0.15, -0.1) is 0 Å². The lowest BCUT2D eigenvalue weighted by Gasteiger charge is -2.41. The van der Waals surface area contributed by atoms with Crippen molar-refractivity contribution in [2.45, 2.75) is 37.8 Å². The van der Waals surface area contributed by atoms with Crippen molar-refractivity contribution in [1.82, 2.24) is 29.5 Å². The number of rotatable bonds is 5. The molecule has 1 saturated carbocycles. The lowest BCUT2D eigenvalue weighted by Crippen LogP contribution is -2.49. The number of nitrogens with zero attached hydrogens (tertiary/aromatic N) is 6. The predicted molar refractivity (Wildman–Crippen MR) is 150 cm³/mol. The van der Waals surface area contributed by atoms with E-state index in [-0.39, 0.29) is 11.9 Å². The van der Waals surface area contributed by atoms with Gasteiger partial charge in [0.15, 0.2) is 5.65 Å². The van der Waals surface area contributed by atoms with Gasteiger partial charge in [0.05, 0.1) is 11.4 Å². The molecule has 2 aromatic heterocycles. The van der Waals surface area contributed by atoms with E-state index in [0.717, 1.165) is 79.8 Å². The summed E-state index contributed by atoms with van der Waals surface area (Å²) in [6, 6.07) is 17.8. The van der Waals surface area contributed by atoms with Crippen LogP contribution in [0.2, 0.25) is 0 Å². The molecule has 196 valence electrons. The number of likely N-dealkylation sites (N-methyl/N-ethyl adjacent to an activating group) is 1. The van der Waals surface area contributed by atoms with Crippen molar-refractivity contribution < 1.29 is 4.79 Å². The first-order valence-electron chi connectivity index (χ1n) is 13.4. The summed E-state index contributed by atoms with van der Waals surface area (Å²) >= 11 is 0. The molecule has 0 bridgehead atoms. The number of nitrogen functional groups attached to an aromatic ring is 1. The molecule has 0 unspecified atom stereocenters. The summed E-state index contributed by atoms with van der Waals surface area (Å²) in [5.74, 6) is 0.270. The lowest BCUT2D eigenvalue weighted by molar-refractivity contribution is 0.0815. The number of amides is 1. The molecule has 1 aliphatic carbocycles. The van der Waals surface area contributed by atoms with Crippen molar-refractivity contribution in [1.29, 1.82) is 0 Å². The van der Waals surface area contributed by atoms with Gasteiger partial charge in [-0.3, -0.25) is 9.69 Å². The maximum absolute atomic E-state index is 12.7. The quantitative estimate of drug-likeness (QED) is 0.417. The van der Waals surface area contributed by atoms with Crippen molar-refractivity contribution >= 4 is 28.4 Å². The first-order valence-corrected chi connectivity index (χ1v) is 13.4. The number of carbonyl (C=O) groups is 1. The molecule has 4 aromatic rings. The number of nitrogens with two attached hydrogens (primary N) is 1. The van der Waals surface area contributed by atoms with E-state index < -0.39 is 0 Å². The molecule has 3 heterocycles. The number of carbonyl (C=O) groups excluding carboxylic acids is 1. The SMILES string of the molecule is CN1CCN(C2CCC(n3nc(-c4ccc(C(=O)Nc5ccccc5)cc4)c4c(N)ncnc43)CC2)CC1. The molecule has 2 aromatic carbocycles. The second-order valence-electron chi connectivity index (χ2n) is 10.4. The van der Waals surface area contributed by atoms with Gasteiger partial charge in [0.25, 0.3) is 5.91 Å². The Kier molecular flexibility index (Phi) is 6.78. The van der Waals surface area contributed by atoms with E-state index in [1.807, 2.05) is 54.6 Å². The Labute approximate surface area is 222 Å². The standard InChI is InChI=1S/C29H34N8O/c1-35-15-17-36(18-16-35)23-11-13-24(14-12-23)37-28-25(27(30)31-19-32-28)26(34-37)20-7-9-21(10-8-20)29(38)33-22-5-3-2-4-6-22/h2-10,19,23-24H,11-18H2,1H3,(H,33,38)(H2,30,31,32). The molecule has 3 N–H and O–H groups in total. The van der Waals surface area contributed by atoms with E-state index in [1.165, 1.54) is 6.33 Å². The molecule has 2 fully saturated rings. The van der Waals surface area contributed by atoms with Gasteiger partial charge in [-0.1, -0.05) is 30.3 Å². The highest BCUT2D eigenvalue weighted by molar-refractivity contribution is 6.05. The minimum Gasteiger partial charge on any atom is -0.383 e. The van der Waals surface area contributed by atoms with Crippen LogP contribution < -0.4 is 11.1 Å². The van der Waals surface area contributed by atoms with Crippen molar-refractivity contribution in [2.24, 2.45) is 0 Å². The van der Waals surface area contributed by atoms with E-state index in [1.54, 1.807) is 0 Å². The number of aromatic nitrogens is 4. The number of fused-ring (bicyclic) bond motifs is 1. The van der Waals surface area contributed by atoms with E-state index in [0.29, 0.717) is 17.4 Å². The van der Waals surface area contributed by atoms with Crippen LogP contribution in [0.1, 0.15) is 42.1 Å². The van der Waals surface area contributed by atoms with Crippen LogP contribution in [0.25, 0.3) is 22.3 Å². The summed E-state index contributed by atoms with van der Waals surface area (Å²) in [4.78, 5) is 26.7. The molecular formula is C29H34N8O. The van der Waals surface area contributed by atoms with Crippen LogP contribution in [0.3, 0.4) is 0 Å². The van der Waals surface area contributed by atoms with Crippen LogP contribution >= 0.6 is 0 Å². The Balaban J connectivity index is 1.22. The van der Waals surface area contributed by atoms with Gasteiger partial charge in [-0.05, 0) is 57.0 Å². The molecule has 1 aliphatic heterocycles. The second kappa shape index (κ2) is 10.5. The fraction of sp³-hybridized carbons (Fsp3) is 0.379. The molecule has 0 spiro atoms. The summed E-state index contributed by atoms with van der Waals surface area (Å²) in [5, 5.41) is 8.75. The molecule has 9 heteroatoms. The van der Waals surface area contributed by atoms with Gasteiger partial charge in [0.2, 0.25) is 0 Å². The third-order valence-electron chi connectivity index (χ3n) is 8.04. The number of nitrogens with one attached hydrogen (secondary N) is 1. The Morgan fingerprint density at radius 1 is 0.895 bits per heavy atom. The number of hydrogen-bond acceptors (Lipinski definition) is 7. The number of benzene rings is 2. The van der Waals surface area contributed by atoms with Crippen LogP contribution in [0.15, 0.2) is 60.9 Å². The zero-order valence-electron chi connectivity index (χ0n) is 21.8. The zero-order valence-corrected chi connectivity index (χ0v) is 21.8. The minimum absolute atomic E-state index is 0.155. The fourth-order valence-corrected chi connectivity index (χ4v) is 5.81. The third-order valence-corrected chi connectivity index (χ3v) is 8.04. The Hall–Kier alpha value is -3.82. The lowest BCUT2D eigenvalue weighted by atomic mass is 9.90. The highest BCUT2D eigenvalue weighted by Crippen LogP contribution is 2.37. The number of anilines is 2. The van der Waals surface area contributed by atoms with Crippen LogP contribution in [0.4, 0.5) is 11.5 Å². The van der Waals surface area contributed by atoms with E-state index in [2.05, 4.69) is 36.8 Å². The Bertz CT molecular complexity index is 1400. The van der Waals surface area contributed by atoms with Gasteiger partial charge < -0.3 is 16.0 Å². The summed E-state index contributed by atoms with van der Waals surface area (Å²) < 4.78 is 2.07. The monoisotopic (exact) mass is 510 g/mol. The van der Waals surface area contributed by atoms with E-state index >= 15 is 0 Å². The molecule has 38 heavy (non-hydrogen) atoms. The van der Waals surface area contributed by atoms with Crippen LogP contribution in [-0.2, 0) is 0 Å². The fourth-order valence-electron chi connectivity index (χ4n) is 5.81. The Morgan fingerprint density at radius 3 is 2.29 bits per heavy atom. The molecule has 1 amide bonds. The van der Waals surface area contributed by atoms with Crippen molar-refractivity contribution in [3.05, 3.63) is 66.5 Å². The molecule has 0 radical (unpaired) electrons. The predicted octanol–water partition coefficient (Wildman–Crippen LogP) is 4.06. The summed E-state index contributed by atoms with van der Waals surface area (Å²) in [6.45, 7) is 4.61. The smallest absolute Gasteiger partial charge is 0.255 e. The summed E-state index contributed by atoms with van der Waals surface area (Å²) in [6.07, 6.45) is 5.98. The first kappa shape index (κ1) is 24.5. The molecule has 0 atom stereocenters. The topological polar surface area (TPSA) is 105 Å². The normalized spacial score (nSPS) is 21.0. The van der Waals surface area contributed by atoms with Crippen LogP contribution in [-0.4, -0.2) is 74.7 Å². The third kappa shape index (κ3) is 4.87. The number of hydrogen-bond donors (Lipinski definition) is 2. The molecule has 1 saturated heterocycles. The largest absolute Gasteiger partial charge is 0.383 e. The average Bonchev–Trinajstić information content (AvgIpc) is 3.35. The van der Waals surface area contributed by atoms with Gasteiger partial charge in [-0.2, -0.15) is 5.10 Å². The van der Waals surface area contributed by atoms with E-state index in [9.17, 15) is 4.79 Å². The number of piperazine rings is 1. The van der Waals surface area contributed by atoms with Crippen LogP contribution in [0.5, 0.6) is 0 Å². The molecule has 9 nitrogen and oxygen atoms in total. The van der Waals surface area contributed by atoms with Gasteiger partial charge in [0.1, 0.15) is 17.8 Å². The first-order chi connectivity index (χ1) is 18.6. The second-order valence-corrected chi connectivity index (χ2v) is 10.4. The maximum atomic E-state index is 12.7. The van der Waals surface area contributed by atoms with Gasteiger partial charge in [-0.25, -0.2) is 14.6 Å². The van der Waals surface area contributed by atoms with Crippen molar-refractivity contribution in [2.75, 3.05) is 44.3 Å². The van der Waals surface area contributed by atoms with Gasteiger partial charge >= 0.3 is 0 Å². The average molecular weight is 511 g/mol.